The van der Waals surface area contributed by atoms with Crippen LogP contribution in [0.1, 0.15) is 26.3 Å². The number of imide groups is 1. The number of carbonyl (C=O) groups excluding carboxylic acids is 2. The first kappa shape index (κ1) is 20.7. The summed E-state index contributed by atoms with van der Waals surface area (Å²) < 4.78 is 7.53. The van der Waals surface area contributed by atoms with Crippen LogP contribution in [0.15, 0.2) is 53.7 Å². The van der Waals surface area contributed by atoms with Crippen molar-refractivity contribution < 1.29 is 14.3 Å². The highest BCUT2D eigenvalue weighted by molar-refractivity contribution is 7.99. The number of anilines is 1. The minimum absolute atomic E-state index is 0.236. The van der Waals surface area contributed by atoms with Crippen LogP contribution in [-0.2, 0) is 4.74 Å². The van der Waals surface area contributed by atoms with Crippen LogP contribution < -0.4 is 4.90 Å². The number of benzene rings is 2. The zero-order chi connectivity index (χ0) is 22.1. The first-order valence-corrected chi connectivity index (χ1v) is 11.6. The molecule has 0 N–H and O–H groups in total. The van der Waals surface area contributed by atoms with Gasteiger partial charge in [0.25, 0.3) is 11.8 Å². The summed E-state index contributed by atoms with van der Waals surface area (Å²) in [6, 6.07) is 15.2. The van der Waals surface area contributed by atoms with Crippen molar-refractivity contribution >= 4 is 29.5 Å². The van der Waals surface area contributed by atoms with E-state index in [1.165, 1.54) is 16.7 Å². The fourth-order valence-corrected chi connectivity index (χ4v) is 4.86. The largest absolute Gasteiger partial charge is 0.378 e. The van der Waals surface area contributed by atoms with Gasteiger partial charge in [0.1, 0.15) is 0 Å². The Bertz CT molecular complexity index is 1140. The minimum atomic E-state index is -0.236. The zero-order valence-corrected chi connectivity index (χ0v) is 18.5. The molecule has 2 aromatic carbocycles. The predicted octanol–water partition coefficient (Wildman–Crippen LogP) is 2.80. The lowest BCUT2D eigenvalue weighted by molar-refractivity contribution is 0.0664. The second kappa shape index (κ2) is 8.76. The Morgan fingerprint density at radius 2 is 1.69 bits per heavy atom. The number of morpholine rings is 1. The van der Waals surface area contributed by atoms with E-state index in [9.17, 15) is 9.59 Å². The van der Waals surface area contributed by atoms with Crippen LogP contribution >= 0.6 is 11.8 Å². The summed E-state index contributed by atoms with van der Waals surface area (Å²) in [6.45, 7) is 5.18. The summed E-state index contributed by atoms with van der Waals surface area (Å²) in [4.78, 5) is 28.7. The highest BCUT2D eigenvalue weighted by Gasteiger charge is 2.34. The van der Waals surface area contributed by atoms with Crippen LogP contribution in [-0.4, -0.2) is 70.1 Å². The van der Waals surface area contributed by atoms with Gasteiger partial charge in [0.15, 0.2) is 5.16 Å². The SMILES string of the molecule is Cc1cccc(-n2c(SCCN3C(=O)c4ccccc4C3=O)nnc2N2CCOCC2)c1. The summed E-state index contributed by atoms with van der Waals surface area (Å²) in [5.41, 5.74) is 3.07. The average molecular weight is 450 g/mol. The van der Waals surface area contributed by atoms with Gasteiger partial charge in [-0.25, -0.2) is 0 Å². The molecule has 0 saturated carbocycles. The maximum atomic E-state index is 12.6. The van der Waals surface area contributed by atoms with Crippen molar-refractivity contribution in [3.63, 3.8) is 0 Å². The molecule has 0 unspecified atom stereocenters. The fraction of sp³-hybridized carbons (Fsp3) is 0.304. The van der Waals surface area contributed by atoms with E-state index in [0.29, 0.717) is 36.6 Å². The molecule has 32 heavy (non-hydrogen) atoms. The predicted molar refractivity (Wildman–Crippen MR) is 122 cm³/mol. The van der Waals surface area contributed by atoms with Crippen molar-refractivity contribution in [3.8, 4) is 5.69 Å². The first-order valence-electron chi connectivity index (χ1n) is 10.6. The van der Waals surface area contributed by atoms with E-state index >= 15 is 0 Å². The van der Waals surface area contributed by atoms with Crippen LogP contribution in [0.25, 0.3) is 5.69 Å². The van der Waals surface area contributed by atoms with E-state index in [1.807, 2.05) is 16.7 Å². The second-order valence-electron chi connectivity index (χ2n) is 7.71. The van der Waals surface area contributed by atoms with Gasteiger partial charge in [0.2, 0.25) is 5.95 Å². The number of rotatable bonds is 6. The van der Waals surface area contributed by atoms with E-state index in [-0.39, 0.29) is 11.8 Å². The molecule has 9 heteroatoms. The van der Waals surface area contributed by atoms with Crippen molar-refractivity contribution in [3.05, 3.63) is 65.2 Å². The molecule has 2 aliphatic rings. The summed E-state index contributed by atoms with van der Waals surface area (Å²) in [7, 11) is 0. The Morgan fingerprint density at radius 1 is 0.969 bits per heavy atom. The van der Waals surface area contributed by atoms with E-state index in [4.69, 9.17) is 4.74 Å². The standard InChI is InChI=1S/C23H23N5O3S/c1-16-5-4-6-17(15-16)28-22(26-9-12-31-13-10-26)24-25-23(28)32-14-11-27-20(29)18-7-2-3-8-19(18)21(27)30/h2-8,15H,9-14H2,1H3. The molecule has 0 spiro atoms. The van der Waals surface area contributed by atoms with Gasteiger partial charge in [0, 0.05) is 25.4 Å². The summed E-state index contributed by atoms with van der Waals surface area (Å²) in [5.74, 6) is 0.835. The molecule has 1 aromatic heterocycles. The number of fused-ring (bicyclic) bond motifs is 1. The van der Waals surface area contributed by atoms with Gasteiger partial charge in [-0.1, -0.05) is 36.0 Å². The Labute approximate surface area is 190 Å². The van der Waals surface area contributed by atoms with Crippen LogP contribution in [0.5, 0.6) is 0 Å². The van der Waals surface area contributed by atoms with Gasteiger partial charge < -0.3 is 9.64 Å². The number of hydrogen-bond acceptors (Lipinski definition) is 7. The van der Waals surface area contributed by atoms with Gasteiger partial charge >= 0.3 is 0 Å². The van der Waals surface area contributed by atoms with E-state index in [2.05, 4.69) is 34.2 Å². The Hall–Kier alpha value is -3.17. The highest BCUT2D eigenvalue weighted by Crippen LogP contribution is 2.29. The van der Waals surface area contributed by atoms with Crippen molar-refractivity contribution in [1.82, 2.24) is 19.7 Å². The van der Waals surface area contributed by atoms with Crippen LogP contribution in [0.3, 0.4) is 0 Å². The van der Waals surface area contributed by atoms with Gasteiger partial charge in [-0.3, -0.25) is 19.1 Å². The smallest absolute Gasteiger partial charge is 0.261 e. The van der Waals surface area contributed by atoms with Gasteiger partial charge in [-0.2, -0.15) is 0 Å². The van der Waals surface area contributed by atoms with E-state index in [1.54, 1.807) is 24.3 Å². The number of amides is 2. The van der Waals surface area contributed by atoms with Gasteiger partial charge in [0.05, 0.1) is 30.0 Å². The monoisotopic (exact) mass is 449 g/mol. The third kappa shape index (κ3) is 3.78. The molecule has 1 fully saturated rings. The molecule has 0 bridgehead atoms. The summed E-state index contributed by atoms with van der Waals surface area (Å²) in [5, 5.41) is 9.65. The van der Waals surface area contributed by atoms with Crippen LogP contribution in [0.2, 0.25) is 0 Å². The number of carbonyl (C=O) groups is 2. The molecule has 0 atom stereocenters. The minimum Gasteiger partial charge on any atom is -0.378 e. The third-order valence-corrected chi connectivity index (χ3v) is 6.50. The quantitative estimate of drug-likeness (QED) is 0.423. The molecule has 164 valence electrons. The lowest BCUT2D eigenvalue weighted by Gasteiger charge is -2.28. The van der Waals surface area contributed by atoms with Crippen molar-refractivity contribution in [2.24, 2.45) is 0 Å². The number of aromatic nitrogens is 3. The van der Waals surface area contributed by atoms with Crippen molar-refractivity contribution in [1.29, 1.82) is 0 Å². The Kier molecular flexibility index (Phi) is 5.67. The van der Waals surface area contributed by atoms with E-state index in [0.717, 1.165) is 35.4 Å². The molecule has 3 aromatic rings. The lowest BCUT2D eigenvalue weighted by atomic mass is 10.1. The molecule has 3 heterocycles. The molecule has 2 aliphatic heterocycles. The molecule has 5 rings (SSSR count). The molecule has 2 amide bonds. The van der Waals surface area contributed by atoms with Crippen molar-refractivity contribution in [2.75, 3.05) is 43.5 Å². The highest BCUT2D eigenvalue weighted by atomic mass is 32.2. The summed E-state index contributed by atoms with van der Waals surface area (Å²) >= 11 is 1.49. The number of aryl methyl sites for hydroxylation is 1. The Morgan fingerprint density at radius 3 is 2.38 bits per heavy atom. The molecule has 1 saturated heterocycles. The molecule has 8 nitrogen and oxygen atoms in total. The number of hydrogen-bond donors (Lipinski definition) is 0. The zero-order valence-electron chi connectivity index (χ0n) is 17.7. The first-order chi connectivity index (χ1) is 15.6. The summed E-state index contributed by atoms with van der Waals surface area (Å²) in [6.07, 6.45) is 0. The maximum absolute atomic E-state index is 12.6. The number of ether oxygens (including phenoxy) is 1. The normalized spacial score (nSPS) is 16.0. The average Bonchev–Trinajstić information content (AvgIpc) is 3.35. The van der Waals surface area contributed by atoms with Gasteiger partial charge in [-0.05, 0) is 36.8 Å². The molecular formula is C23H23N5O3S. The van der Waals surface area contributed by atoms with E-state index < -0.39 is 0 Å². The van der Waals surface area contributed by atoms with Crippen LogP contribution in [0, 0.1) is 6.92 Å². The van der Waals surface area contributed by atoms with Crippen LogP contribution in [0.4, 0.5) is 5.95 Å². The fourth-order valence-electron chi connectivity index (χ4n) is 3.99. The molecule has 0 aliphatic carbocycles. The molecular weight excluding hydrogens is 426 g/mol. The number of thioether (sulfide) groups is 1. The topological polar surface area (TPSA) is 80.6 Å². The number of nitrogens with zero attached hydrogens (tertiary/aromatic N) is 5. The van der Waals surface area contributed by atoms with Gasteiger partial charge in [-0.15, -0.1) is 10.2 Å². The third-order valence-electron chi connectivity index (χ3n) is 5.59. The van der Waals surface area contributed by atoms with Crippen molar-refractivity contribution in [2.45, 2.75) is 12.1 Å². The molecule has 0 radical (unpaired) electrons. The Balaban J connectivity index is 1.37. The lowest BCUT2D eigenvalue weighted by Crippen LogP contribution is -2.37. The maximum Gasteiger partial charge on any atom is 0.261 e. The second-order valence-corrected chi connectivity index (χ2v) is 8.77.